The zero-order valence-electron chi connectivity index (χ0n) is 31.5. The Morgan fingerprint density at radius 1 is 0.778 bits per heavy atom. The minimum atomic E-state index is -1.23. The van der Waals surface area contributed by atoms with Gasteiger partial charge in [0, 0.05) is 0 Å². The molecule has 0 bridgehead atoms. The molecule has 3 heterocycles. The van der Waals surface area contributed by atoms with E-state index in [0.717, 1.165) is 74.6 Å². The number of aliphatic carboxylic acids is 1. The van der Waals surface area contributed by atoms with E-state index in [1.807, 2.05) is 12.1 Å². The molecule has 4 aromatic carbocycles. The Hall–Kier alpha value is -4.24. The number of ether oxygens (including phenoxy) is 2. The summed E-state index contributed by atoms with van der Waals surface area (Å²) in [6, 6.07) is 26.3. The molecule has 278 valence electrons. The molecule has 2 aromatic heterocycles. The molecule has 0 saturated heterocycles. The number of aryl methyl sites for hydroxylation is 2. The average Bonchev–Trinajstić information content (AvgIpc) is 3.68. The van der Waals surface area contributed by atoms with E-state index in [1.165, 1.54) is 69.4 Å². The second kappa shape index (κ2) is 17.5. The predicted octanol–water partition coefficient (Wildman–Crippen LogP) is 11.1. The molecule has 0 aliphatic carbocycles. The number of nitrogens with zero attached hydrogens (tertiary/aromatic N) is 2. The monoisotopic (exact) mass is 852 g/mol. The van der Waals surface area contributed by atoms with E-state index < -0.39 is 5.97 Å². The number of anilines is 2. The number of benzene rings is 4. The summed E-state index contributed by atoms with van der Waals surface area (Å²) in [4.78, 5) is 14.4. The van der Waals surface area contributed by atoms with Crippen LogP contribution in [0, 0.1) is 11.3 Å². The van der Waals surface area contributed by atoms with Gasteiger partial charge in [-0.05, 0) is 0 Å². The molecule has 0 spiro atoms. The molecule has 1 aliphatic rings. The van der Waals surface area contributed by atoms with Crippen LogP contribution in [0.3, 0.4) is 0 Å². The Morgan fingerprint density at radius 3 is 2.07 bits per heavy atom. The maximum absolute atomic E-state index is 11.9. The van der Waals surface area contributed by atoms with Crippen molar-refractivity contribution in [3.63, 3.8) is 0 Å². The summed E-state index contributed by atoms with van der Waals surface area (Å²) in [5.74, 6) is 0.482. The Kier molecular flexibility index (Phi) is 12.3. The maximum atomic E-state index is 11.9. The first kappa shape index (κ1) is 38.0. The van der Waals surface area contributed by atoms with E-state index in [9.17, 15) is 15.2 Å². The zero-order chi connectivity index (χ0) is 37.6. The van der Waals surface area contributed by atoms with Crippen LogP contribution in [0.5, 0.6) is 11.5 Å². The summed E-state index contributed by atoms with van der Waals surface area (Å²) in [6.07, 6.45) is 12.3. The van der Waals surface area contributed by atoms with Crippen LogP contribution in [0.2, 0.25) is 0 Å². The summed E-state index contributed by atoms with van der Waals surface area (Å²) in [5.41, 5.74) is 8.04. The van der Waals surface area contributed by atoms with Gasteiger partial charge < -0.3 is 0 Å². The summed E-state index contributed by atoms with van der Waals surface area (Å²) >= 11 is 0.0381. The standard InChI is InChI=1S/C46H48N2O4Se2/c1-4-7-9-13-25-51-42-33(28-34(29-47)46(49)50)20-23-38-40(42)44-45(53-38)41-39(54-44)24-21-35(43(41)52-26-14-10-8-5-2)31-19-22-37-32(27-31)18-17-30-15-11-12-16-36(30)48(37)6-3/h11-12,15-16,19-24,27-28H,4-10,13-14,17-18,25-26H2,1-3H3,(H,49,50)/b34-28+. The fourth-order valence-corrected chi connectivity index (χ4v) is 14.1. The number of hydrogen-bond acceptors (Lipinski definition) is 5. The Bertz CT molecular complexity index is 2380. The second-order valence-corrected chi connectivity index (χ2v) is 18.5. The average molecular weight is 851 g/mol. The number of rotatable bonds is 16. The van der Waals surface area contributed by atoms with Gasteiger partial charge in [0.1, 0.15) is 0 Å². The molecular formula is C46H48N2O4Se2. The molecule has 8 heteroatoms. The van der Waals surface area contributed by atoms with Crippen LogP contribution in [-0.4, -0.2) is 59.8 Å². The van der Waals surface area contributed by atoms with Crippen molar-refractivity contribution in [1.29, 1.82) is 5.26 Å². The molecule has 1 aliphatic heterocycles. The van der Waals surface area contributed by atoms with Gasteiger partial charge >= 0.3 is 332 Å². The first-order valence-corrected chi connectivity index (χ1v) is 22.9. The Morgan fingerprint density at radius 2 is 1.41 bits per heavy atom. The SMILES string of the molecule is CCCCCCOc1c(/C=C(\C#N)C(=O)O)ccc2[se]c3c([se]c4ccc(-c5ccc6c(c5)CCc5ccccc5N6CC)c(OCCCCCC)c43)c12. The van der Waals surface area contributed by atoms with Gasteiger partial charge in [-0.1, -0.05) is 0 Å². The van der Waals surface area contributed by atoms with Crippen molar-refractivity contribution in [2.45, 2.75) is 85.0 Å². The van der Waals surface area contributed by atoms with Crippen LogP contribution in [-0.2, 0) is 17.6 Å². The van der Waals surface area contributed by atoms with E-state index in [2.05, 4.69) is 86.3 Å². The summed E-state index contributed by atoms with van der Waals surface area (Å²) in [5, 5.41) is 21.7. The fraction of sp³-hybridized carbons (Fsp3) is 0.348. The third kappa shape index (κ3) is 7.66. The molecule has 6 nitrogen and oxygen atoms in total. The number of carboxylic acids is 1. The van der Waals surface area contributed by atoms with Crippen molar-refractivity contribution >= 4 is 80.2 Å². The van der Waals surface area contributed by atoms with Crippen LogP contribution in [0.4, 0.5) is 11.4 Å². The number of hydrogen-bond donors (Lipinski definition) is 1. The zero-order valence-corrected chi connectivity index (χ0v) is 34.9. The predicted molar refractivity (Wildman–Crippen MR) is 225 cm³/mol. The van der Waals surface area contributed by atoms with Gasteiger partial charge in [-0.15, -0.1) is 0 Å². The van der Waals surface area contributed by atoms with Gasteiger partial charge in [0.05, 0.1) is 0 Å². The van der Waals surface area contributed by atoms with Crippen LogP contribution in [0.1, 0.15) is 88.8 Å². The third-order valence-corrected chi connectivity index (χ3v) is 16.0. The van der Waals surface area contributed by atoms with Crippen LogP contribution in [0.25, 0.3) is 45.0 Å². The quantitative estimate of drug-likeness (QED) is 0.0452. The third-order valence-electron chi connectivity index (χ3n) is 10.4. The van der Waals surface area contributed by atoms with Gasteiger partial charge in [0.2, 0.25) is 0 Å². The van der Waals surface area contributed by atoms with Gasteiger partial charge in [-0.3, -0.25) is 0 Å². The van der Waals surface area contributed by atoms with E-state index >= 15 is 0 Å². The van der Waals surface area contributed by atoms with Crippen molar-refractivity contribution in [1.82, 2.24) is 0 Å². The number of unbranched alkanes of at least 4 members (excludes halogenated alkanes) is 6. The number of carbonyl (C=O) groups is 1. The number of nitriles is 1. The molecule has 54 heavy (non-hydrogen) atoms. The summed E-state index contributed by atoms with van der Waals surface area (Å²) in [7, 11) is 0. The molecule has 0 atom stereocenters. The minimum absolute atomic E-state index is 0.0191. The molecule has 0 amide bonds. The van der Waals surface area contributed by atoms with Gasteiger partial charge in [-0.2, -0.15) is 0 Å². The van der Waals surface area contributed by atoms with Crippen molar-refractivity contribution in [3.05, 3.63) is 89.0 Å². The molecule has 6 aromatic rings. The molecular weight excluding hydrogens is 802 g/mol. The number of para-hydroxylation sites is 1. The second-order valence-electron chi connectivity index (χ2n) is 14.0. The first-order valence-electron chi connectivity index (χ1n) is 19.5. The molecule has 0 unspecified atom stereocenters. The van der Waals surface area contributed by atoms with Crippen molar-refractivity contribution in [2.24, 2.45) is 0 Å². The molecule has 0 saturated carbocycles. The van der Waals surface area contributed by atoms with Crippen LogP contribution in [0.15, 0.2) is 72.3 Å². The van der Waals surface area contributed by atoms with Gasteiger partial charge in [-0.25, -0.2) is 0 Å². The van der Waals surface area contributed by atoms with Crippen LogP contribution >= 0.6 is 0 Å². The fourth-order valence-electron chi connectivity index (χ4n) is 7.68. The van der Waals surface area contributed by atoms with E-state index in [4.69, 9.17) is 9.47 Å². The van der Waals surface area contributed by atoms with Crippen molar-refractivity contribution in [2.75, 3.05) is 24.7 Å². The Balaban J connectivity index is 1.38. The normalized spacial score (nSPS) is 12.9. The molecule has 7 rings (SSSR count). The molecule has 0 fully saturated rings. The van der Waals surface area contributed by atoms with Gasteiger partial charge in [0.15, 0.2) is 0 Å². The van der Waals surface area contributed by atoms with E-state index in [-0.39, 0.29) is 34.6 Å². The number of fused-ring (bicyclic) bond motifs is 7. The number of carboxylic acid groups (broad SMARTS) is 1. The Labute approximate surface area is 330 Å². The molecule has 0 radical (unpaired) electrons. The van der Waals surface area contributed by atoms with Crippen molar-refractivity contribution in [3.8, 4) is 28.7 Å². The first-order chi connectivity index (χ1) is 26.5. The molecule has 1 N–H and O–H groups in total. The van der Waals surface area contributed by atoms with E-state index in [1.54, 1.807) is 0 Å². The topological polar surface area (TPSA) is 82.8 Å². The van der Waals surface area contributed by atoms with E-state index in [0.29, 0.717) is 24.5 Å². The van der Waals surface area contributed by atoms with Crippen molar-refractivity contribution < 1.29 is 19.4 Å². The summed E-state index contributed by atoms with van der Waals surface area (Å²) < 4.78 is 18.8. The summed E-state index contributed by atoms with van der Waals surface area (Å²) in [6.45, 7) is 8.80. The van der Waals surface area contributed by atoms with Crippen LogP contribution < -0.4 is 14.4 Å². The van der Waals surface area contributed by atoms with Gasteiger partial charge in [0.25, 0.3) is 0 Å².